The second-order valence-electron chi connectivity index (χ2n) is 6.75. The van der Waals surface area contributed by atoms with Crippen molar-refractivity contribution in [3.8, 4) is 16.9 Å². The van der Waals surface area contributed by atoms with Crippen LogP contribution in [0, 0.1) is 13.8 Å². The van der Waals surface area contributed by atoms with Gasteiger partial charge in [0.05, 0.1) is 23.6 Å². The third-order valence-corrected chi connectivity index (χ3v) is 4.96. The van der Waals surface area contributed by atoms with Gasteiger partial charge in [0.1, 0.15) is 5.75 Å². The van der Waals surface area contributed by atoms with Crippen LogP contribution in [0.25, 0.3) is 16.8 Å². The van der Waals surface area contributed by atoms with E-state index in [1.165, 1.54) is 0 Å². The smallest absolute Gasteiger partial charge is 0.278 e. The van der Waals surface area contributed by atoms with Gasteiger partial charge in [0.2, 0.25) is 0 Å². The summed E-state index contributed by atoms with van der Waals surface area (Å²) in [7, 11) is 0. The van der Waals surface area contributed by atoms with Gasteiger partial charge in [0.25, 0.3) is 5.91 Å². The first kappa shape index (κ1) is 19.8. The normalized spacial score (nSPS) is 10.9. The van der Waals surface area contributed by atoms with E-state index >= 15 is 0 Å². The van der Waals surface area contributed by atoms with Crippen LogP contribution in [-0.2, 0) is 0 Å². The maximum absolute atomic E-state index is 12.8. The van der Waals surface area contributed by atoms with Crippen molar-refractivity contribution in [3.63, 3.8) is 0 Å². The predicted molar refractivity (Wildman–Crippen MR) is 116 cm³/mol. The van der Waals surface area contributed by atoms with E-state index in [0.29, 0.717) is 28.7 Å². The summed E-state index contributed by atoms with van der Waals surface area (Å²) in [5, 5.41) is 16.6. The lowest BCUT2D eigenvalue weighted by molar-refractivity contribution is 0.102. The fourth-order valence-electron chi connectivity index (χ4n) is 3.27. The Morgan fingerprint density at radius 3 is 2.43 bits per heavy atom. The first-order chi connectivity index (χ1) is 14.5. The lowest BCUT2D eigenvalue weighted by Gasteiger charge is -2.09. The number of aryl methyl sites for hydroxylation is 2. The largest absolute Gasteiger partial charge is 0.494 e. The van der Waals surface area contributed by atoms with Crippen LogP contribution in [-0.4, -0.2) is 32.3 Å². The van der Waals surface area contributed by atoms with Gasteiger partial charge in [-0.15, -0.1) is 10.2 Å². The van der Waals surface area contributed by atoms with Gasteiger partial charge in [-0.2, -0.15) is 5.10 Å². The summed E-state index contributed by atoms with van der Waals surface area (Å²) in [6.07, 6.45) is 0. The second kappa shape index (κ2) is 8.12. The first-order valence-corrected chi connectivity index (χ1v) is 9.88. The van der Waals surface area contributed by atoms with E-state index in [-0.39, 0.29) is 11.6 Å². The summed E-state index contributed by atoms with van der Waals surface area (Å²) in [5.41, 5.74) is 4.63. The molecule has 0 aliphatic heterocycles. The van der Waals surface area contributed by atoms with Gasteiger partial charge in [-0.1, -0.05) is 23.7 Å². The van der Waals surface area contributed by atoms with Gasteiger partial charge in [-0.25, -0.2) is 4.52 Å². The number of carbonyl (C=O) groups excluding carboxylic acids is 1. The van der Waals surface area contributed by atoms with E-state index in [9.17, 15) is 4.79 Å². The van der Waals surface area contributed by atoms with Crippen LogP contribution in [0.1, 0.15) is 28.8 Å². The minimum atomic E-state index is -0.354. The molecule has 0 saturated carbocycles. The Labute approximate surface area is 178 Å². The Balaban J connectivity index is 1.66. The molecule has 152 valence electrons. The number of aromatic nitrogens is 4. The highest BCUT2D eigenvalue weighted by Gasteiger charge is 2.20. The average Bonchev–Trinajstić information content (AvgIpc) is 3.07. The summed E-state index contributed by atoms with van der Waals surface area (Å²) >= 11 is 6.00. The SMILES string of the molecule is CCOc1ccc(NC(=O)c2nnc3c(-c4ccc(Cl)cc4)c(C)nn3c2C)cc1. The molecule has 2 aromatic carbocycles. The number of hydrogen-bond donors (Lipinski definition) is 1. The highest BCUT2D eigenvalue weighted by atomic mass is 35.5. The van der Waals surface area contributed by atoms with E-state index < -0.39 is 0 Å². The molecule has 7 nitrogen and oxygen atoms in total. The molecule has 4 rings (SSSR count). The molecule has 0 aliphatic carbocycles. The van der Waals surface area contributed by atoms with Crippen molar-refractivity contribution in [2.75, 3.05) is 11.9 Å². The topological polar surface area (TPSA) is 81.4 Å². The van der Waals surface area contributed by atoms with Crippen LogP contribution in [0.15, 0.2) is 48.5 Å². The molecule has 0 spiro atoms. The molecule has 0 aliphatic rings. The summed E-state index contributed by atoms with van der Waals surface area (Å²) in [6.45, 7) is 6.20. The number of anilines is 1. The van der Waals surface area contributed by atoms with E-state index in [1.807, 2.05) is 38.1 Å². The van der Waals surface area contributed by atoms with Crippen molar-refractivity contribution >= 4 is 28.8 Å². The van der Waals surface area contributed by atoms with E-state index in [0.717, 1.165) is 22.6 Å². The minimum Gasteiger partial charge on any atom is -0.494 e. The number of benzene rings is 2. The van der Waals surface area contributed by atoms with Crippen LogP contribution >= 0.6 is 11.6 Å². The van der Waals surface area contributed by atoms with Crippen molar-refractivity contribution in [2.45, 2.75) is 20.8 Å². The first-order valence-electron chi connectivity index (χ1n) is 9.50. The van der Waals surface area contributed by atoms with Crippen LogP contribution in [0.2, 0.25) is 5.02 Å². The number of hydrogen-bond acceptors (Lipinski definition) is 5. The average molecular weight is 422 g/mol. The van der Waals surface area contributed by atoms with Crippen molar-refractivity contribution in [3.05, 3.63) is 70.6 Å². The quantitative estimate of drug-likeness (QED) is 0.504. The molecule has 0 radical (unpaired) electrons. The van der Waals surface area contributed by atoms with Crippen molar-refractivity contribution in [1.29, 1.82) is 0 Å². The van der Waals surface area contributed by atoms with Gasteiger partial charge < -0.3 is 10.1 Å². The van der Waals surface area contributed by atoms with Gasteiger partial charge in [-0.05, 0) is 62.7 Å². The van der Waals surface area contributed by atoms with Crippen LogP contribution in [0.5, 0.6) is 5.75 Å². The zero-order valence-corrected chi connectivity index (χ0v) is 17.6. The highest BCUT2D eigenvalue weighted by molar-refractivity contribution is 6.30. The Kier molecular flexibility index (Phi) is 5.37. The number of carbonyl (C=O) groups is 1. The molecular formula is C22H20ClN5O2. The Morgan fingerprint density at radius 2 is 1.77 bits per heavy atom. The van der Waals surface area contributed by atoms with Crippen LogP contribution < -0.4 is 10.1 Å². The van der Waals surface area contributed by atoms with Crippen LogP contribution in [0.4, 0.5) is 5.69 Å². The lowest BCUT2D eigenvalue weighted by Crippen LogP contribution is -2.18. The fraction of sp³-hybridized carbons (Fsp3) is 0.182. The summed E-state index contributed by atoms with van der Waals surface area (Å²) in [5.74, 6) is 0.391. The molecular weight excluding hydrogens is 402 g/mol. The van der Waals surface area contributed by atoms with Gasteiger partial charge in [-0.3, -0.25) is 4.79 Å². The number of nitrogens with one attached hydrogen (secondary N) is 1. The zero-order chi connectivity index (χ0) is 21.3. The Bertz CT molecular complexity index is 1220. The second-order valence-corrected chi connectivity index (χ2v) is 7.18. The molecule has 2 aromatic heterocycles. The van der Waals surface area contributed by atoms with Gasteiger partial charge in [0.15, 0.2) is 11.3 Å². The number of halogens is 1. The third kappa shape index (κ3) is 3.71. The molecule has 0 saturated heterocycles. The molecule has 0 fully saturated rings. The van der Waals surface area contributed by atoms with Gasteiger partial charge >= 0.3 is 0 Å². The fourth-order valence-corrected chi connectivity index (χ4v) is 3.39. The number of rotatable bonds is 5. The molecule has 0 unspecified atom stereocenters. The minimum absolute atomic E-state index is 0.210. The maximum atomic E-state index is 12.8. The Morgan fingerprint density at radius 1 is 1.07 bits per heavy atom. The summed E-state index contributed by atoms with van der Waals surface area (Å²) < 4.78 is 7.07. The van der Waals surface area contributed by atoms with E-state index in [2.05, 4.69) is 20.6 Å². The van der Waals surface area contributed by atoms with Crippen LogP contribution in [0.3, 0.4) is 0 Å². The van der Waals surface area contributed by atoms with Crippen molar-refractivity contribution in [2.24, 2.45) is 0 Å². The number of fused-ring (bicyclic) bond motifs is 1. The zero-order valence-electron chi connectivity index (χ0n) is 16.8. The highest BCUT2D eigenvalue weighted by Crippen LogP contribution is 2.28. The third-order valence-electron chi connectivity index (χ3n) is 4.71. The molecule has 8 heteroatoms. The molecule has 0 bridgehead atoms. The monoisotopic (exact) mass is 421 g/mol. The molecule has 2 heterocycles. The van der Waals surface area contributed by atoms with E-state index in [1.54, 1.807) is 35.7 Å². The molecule has 1 N–H and O–H groups in total. The van der Waals surface area contributed by atoms with Crippen molar-refractivity contribution < 1.29 is 9.53 Å². The molecule has 4 aromatic rings. The maximum Gasteiger partial charge on any atom is 0.278 e. The molecule has 1 amide bonds. The standard InChI is InChI=1S/C22H20ClN5O2/c1-4-30-18-11-9-17(10-12-18)24-22(29)20-14(3)28-21(26-25-20)19(13(2)27-28)15-5-7-16(23)8-6-15/h5-12H,4H2,1-3H3,(H,24,29). The van der Waals surface area contributed by atoms with E-state index in [4.69, 9.17) is 16.3 Å². The van der Waals surface area contributed by atoms with Gasteiger partial charge in [0, 0.05) is 10.7 Å². The van der Waals surface area contributed by atoms with Crippen molar-refractivity contribution in [1.82, 2.24) is 19.8 Å². The lowest BCUT2D eigenvalue weighted by atomic mass is 10.1. The number of amides is 1. The number of nitrogens with zero attached hydrogens (tertiary/aromatic N) is 4. The molecule has 0 atom stereocenters. The number of ether oxygens (including phenoxy) is 1. The Hall–Kier alpha value is -3.45. The summed E-state index contributed by atoms with van der Waals surface area (Å²) in [4.78, 5) is 12.8. The predicted octanol–water partition coefficient (Wildman–Crippen LogP) is 4.71. The molecule has 30 heavy (non-hydrogen) atoms. The summed E-state index contributed by atoms with van der Waals surface area (Å²) in [6, 6.07) is 14.6.